The van der Waals surface area contributed by atoms with E-state index in [-0.39, 0.29) is 18.2 Å². The molecular weight excluding hydrogens is 370 g/mol. The molecule has 1 aromatic heterocycles. The normalized spacial score (nSPS) is 20.6. The van der Waals surface area contributed by atoms with E-state index in [2.05, 4.69) is 9.59 Å². The Morgan fingerprint density at radius 3 is 2.75 bits per heavy atom. The van der Waals surface area contributed by atoms with E-state index in [1.165, 1.54) is 0 Å². The average Bonchev–Trinajstić information content (AvgIpc) is 2.90. The summed E-state index contributed by atoms with van der Waals surface area (Å²) in [7, 11) is -3.39. The number of halogens is 1. The first-order valence-corrected chi connectivity index (χ1v) is 10.3. The number of rotatable bonds is 2. The van der Waals surface area contributed by atoms with Crippen LogP contribution in [0.3, 0.4) is 0 Å². The first kappa shape index (κ1) is 17.3. The van der Waals surface area contributed by atoms with Crippen LogP contribution in [0.5, 0.6) is 0 Å². The maximum absolute atomic E-state index is 12.7. The van der Waals surface area contributed by atoms with Gasteiger partial charge in [-0.05, 0) is 36.5 Å². The number of benzene rings is 1. The predicted octanol–water partition coefficient (Wildman–Crippen LogP) is 2.50. The molecule has 1 aromatic carbocycles. The molecule has 0 saturated carbocycles. The second kappa shape index (κ2) is 6.78. The number of nitrogens with zero attached hydrogens (tertiary/aromatic N) is 3. The van der Waals surface area contributed by atoms with Gasteiger partial charge < -0.3 is 4.90 Å². The van der Waals surface area contributed by atoms with Crippen molar-refractivity contribution >= 4 is 38.9 Å². The van der Waals surface area contributed by atoms with Gasteiger partial charge in [0, 0.05) is 18.1 Å². The highest BCUT2D eigenvalue weighted by Crippen LogP contribution is 2.34. The highest BCUT2D eigenvalue weighted by Gasteiger charge is 2.34. The molecule has 1 unspecified atom stereocenters. The van der Waals surface area contributed by atoms with E-state index in [9.17, 15) is 13.2 Å². The van der Waals surface area contributed by atoms with E-state index in [4.69, 9.17) is 11.6 Å². The zero-order valence-electron chi connectivity index (χ0n) is 13.0. The predicted molar refractivity (Wildman–Crippen MR) is 93.1 cm³/mol. The zero-order valence-corrected chi connectivity index (χ0v) is 15.4. The Labute approximate surface area is 149 Å². The van der Waals surface area contributed by atoms with Crippen LogP contribution in [0.15, 0.2) is 24.3 Å². The van der Waals surface area contributed by atoms with Gasteiger partial charge in [0.2, 0.25) is 0 Å². The molecule has 1 fully saturated rings. The van der Waals surface area contributed by atoms with Crippen LogP contribution in [0.2, 0.25) is 5.02 Å². The van der Waals surface area contributed by atoms with E-state index in [1.54, 1.807) is 36.1 Å². The largest absolute Gasteiger partial charge is 0.337 e. The van der Waals surface area contributed by atoms with Crippen LogP contribution in [0.4, 0.5) is 0 Å². The maximum Gasteiger partial charge on any atom is 0.267 e. The molecule has 0 aliphatic carbocycles. The number of amides is 1. The number of aromatic nitrogens is 2. The molecule has 0 spiro atoms. The van der Waals surface area contributed by atoms with Crippen LogP contribution >= 0.6 is 23.1 Å². The lowest BCUT2D eigenvalue weighted by Crippen LogP contribution is -2.33. The minimum absolute atomic E-state index is 0.0834. The van der Waals surface area contributed by atoms with Crippen molar-refractivity contribution in [3.63, 3.8) is 0 Å². The summed E-state index contributed by atoms with van der Waals surface area (Å²) in [6, 6.07) is 6.97. The summed E-state index contributed by atoms with van der Waals surface area (Å²) in [5, 5.41) is 3.59. The Morgan fingerprint density at radius 2 is 2.08 bits per heavy atom. The molecule has 6 nitrogen and oxygen atoms in total. The lowest BCUT2D eigenvalue weighted by molar-refractivity contribution is 0.0770. The first-order valence-electron chi connectivity index (χ1n) is 7.44. The van der Waals surface area contributed by atoms with Gasteiger partial charge in [-0.2, -0.15) is 0 Å². The summed E-state index contributed by atoms with van der Waals surface area (Å²) in [4.78, 5) is 14.6. The average molecular weight is 386 g/mol. The van der Waals surface area contributed by atoms with Crippen molar-refractivity contribution in [3.8, 4) is 0 Å². The van der Waals surface area contributed by atoms with Gasteiger partial charge in [-0.1, -0.05) is 34.3 Å². The zero-order chi connectivity index (χ0) is 17.3. The molecule has 9 heteroatoms. The summed E-state index contributed by atoms with van der Waals surface area (Å²) < 4.78 is 29.1. The van der Waals surface area contributed by atoms with Crippen LogP contribution in [-0.4, -0.2) is 47.7 Å². The number of hydrogen-bond donors (Lipinski definition) is 0. The molecule has 24 heavy (non-hydrogen) atoms. The van der Waals surface area contributed by atoms with Gasteiger partial charge in [0.15, 0.2) is 9.84 Å². The van der Waals surface area contributed by atoms with Gasteiger partial charge in [0.25, 0.3) is 5.91 Å². The number of aryl methyl sites for hydroxylation is 1. The molecular formula is C15H16ClN3O3S2. The summed E-state index contributed by atoms with van der Waals surface area (Å²) in [6.45, 7) is 2.24. The van der Waals surface area contributed by atoms with Crippen molar-refractivity contribution in [1.29, 1.82) is 0 Å². The number of hydrogen-bond acceptors (Lipinski definition) is 6. The van der Waals surface area contributed by atoms with Crippen molar-refractivity contribution in [2.75, 3.05) is 18.8 Å². The highest BCUT2D eigenvalue weighted by molar-refractivity contribution is 7.91. The van der Waals surface area contributed by atoms with Crippen LogP contribution in [0, 0.1) is 6.92 Å². The van der Waals surface area contributed by atoms with Crippen molar-refractivity contribution in [1.82, 2.24) is 14.5 Å². The summed E-state index contributed by atoms with van der Waals surface area (Å²) in [6.07, 6.45) is 0.323. The Kier molecular flexibility index (Phi) is 4.89. The second-order valence-electron chi connectivity index (χ2n) is 5.65. The van der Waals surface area contributed by atoms with Gasteiger partial charge in [-0.3, -0.25) is 4.79 Å². The minimum Gasteiger partial charge on any atom is -0.337 e. The molecule has 1 aliphatic rings. The Bertz CT molecular complexity index is 866. The molecule has 2 aromatic rings. The molecule has 0 radical (unpaired) electrons. The lowest BCUT2D eigenvalue weighted by Gasteiger charge is -2.19. The highest BCUT2D eigenvalue weighted by atomic mass is 35.5. The van der Waals surface area contributed by atoms with Crippen molar-refractivity contribution < 1.29 is 13.2 Å². The van der Waals surface area contributed by atoms with Crippen LogP contribution in [0.1, 0.15) is 32.6 Å². The van der Waals surface area contributed by atoms with Crippen molar-refractivity contribution in [2.24, 2.45) is 0 Å². The first-order chi connectivity index (χ1) is 11.4. The fourth-order valence-electron chi connectivity index (χ4n) is 2.80. The minimum atomic E-state index is -3.39. The molecule has 1 saturated heterocycles. The molecule has 2 heterocycles. The molecule has 0 bridgehead atoms. The van der Waals surface area contributed by atoms with Crippen molar-refractivity contribution in [3.05, 3.63) is 45.4 Å². The third-order valence-corrected chi connectivity index (χ3v) is 7.39. The van der Waals surface area contributed by atoms with Gasteiger partial charge >= 0.3 is 0 Å². The fourth-order valence-corrected chi connectivity index (χ4v) is 5.58. The number of sulfone groups is 1. The summed E-state index contributed by atoms with van der Waals surface area (Å²) >= 11 is 7.21. The second-order valence-corrected chi connectivity index (χ2v) is 9.11. The third kappa shape index (κ3) is 3.31. The molecule has 0 N–H and O–H groups in total. The Balaban J connectivity index is 1.86. The van der Waals surface area contributed by atoms with E-state index in [0.29, 0.717) is 34.1 Å². The van der Waals surface area contributed by atoms with Gasteiger partial charge in [0.1, 0.15) is 4.88 Å². The maximum atomic E-state index is 12.7. The Hall–Kier alpha value is -1.51. The van der Waals surface area contributed by atoms with Gasteiger partial charge in [-0.25, -0.2) is 8.42 Å². The monoisotopic (exact) mass is 385 g/mol. The summed E-state index contributed by atoms with van der Waals surface area (Å²) in [5.74, 6) is -0.294. The molecule has 1 atom stereocenters. The van der Waals surface area contributed by atoms with E-state index in [0.717, 1.165) is 11.5 Å². The SMILES string of the molecule is Cc1nnsc1C(=O)N1CCC(c2ccccc2Cl)S(=O)(=O)CC1. The van der Waals surface area contributed by atoms with Crippen LogP contribution < -0.4 is 0 Å². The van der Waals surface area contributed by atoms with Gasteiger partial charge in [0.05, 0.1) is 16.7 Å². The molecule has 1 aliphatic heterocycles. The number of carbonyl (C=O) groups excluding carboxylic acids is 1. The lowest BCUT2D eigenvalue weighted by atomic mass is 10.1. The van der Waals surface area contributed by atoms with Crippen LogP contribution in [0.25, 0.3) is 0 Å². The van der Waals surface area contributed by atoms with Crippen molar-refractivity contribution in [2.45, 2.75) is 18.6 Å². The molecule has 128 valence electrons. The smallest absolute Gasteiger partial charge is 0.267 e. The van der Waals surface area contributed by atoms with E-state index >= 15 is 0 Å². The standard InChI is InChI=1S/C15H16ClN3O3S2/c1-10-14(23-18-17-10)15(20)19-7-6-13(24(21,22)9-8-19)11-4-2-3-5-12(11)16/h2-5,13H,6-9H2,1H3. The molecule has 3 rings (SSSR count). The van der Waals surface area contributed by atoms with E-state index in [1.807, 2.05) is 0 Å². The van der Waals surface area contributed by atoms with E-state index < -0.39 is 15.1 Å². The van der Waals surface area contributed by atoms with Crippen LogP contribution in [-0.2, 0) is 9.84 Å². The topological polar surface area (TPSA) is 80.2 Å². The number of carbonyl (C=O) groups is 1. The van der Waals surface area contributed by atoms with Gasteiger partial charge in [-0.15, -0.1) is 5.10 Å². The fraction of sp³-hybridized carbons (Fsp3) is 0.400. The summed E-state index contributed by atoms with van der Waals surface area (Å²) in [5.41, 5.74) is 1.17. The Morgan fingerprint density at radius 1 is 1.33 bits per heavy atom. The quantitative estimate of drug-likeness (QED) is 0.793. The third-order valence-electron chi connectivity index (χ3n) is 4.13. The molecule has 1 amide bonds.